The first-order valence-electron chi connectivity index (χ1n) is 8.41. The summed E-state index contributed by atoms with van der Waals surface area (Å²) < 4.78 is 1.42. The van der Waals surface area contributed by atoms with Gasteiger partial charge in [-0.3, -0.25) is 4.79 Å². The zero-order chi connectivity index (χ0) is 18.0. The summed E-state index contributed by atoms with van der Waals surface area (Å²) in [6.07, 6.45) is 4.12. The molecule has 2 aromatic rings. The smallest absolute Gasteiger partial charge is 0.320 e. The number of amides is 2. The number of benzene rings is 1. The fraction of sp³-hybridized carbons (Fsp3) is 0.368. The van der Waals surface area contributed by atoms with Gasteiger partial charge in [-0.25, -0.2) is 4.79 Å². The highest BCUT2D eigenvalue weighted by Gasteiger charge is 2.37. The molecule has 1 aliphatic carbocycles. The van der Waals surface area contributed by atoms with Gasteiger partial charge in [-0.2, -0.15) is 0 Å². The highest BCUT2D eigenvalue weighted by Crippen LogP contribution is 2.35. The van der Waals surface area contributed by atoms with E-state index in [4.69, 9.17) is 0 Å². The Morgan fingerprint density at radius 2 is 2.08 bits per heavy atom. The number of hydrogen-bond donors (Lipinski definition) is 3. The van der Waals surface area contributed by atoms with Gasteiger partial charge in [0.1, 0.15) is 5.69 Å². The summed E-state index contributed by atoms with van der Waals surface area (Å²) in [5, 5.41) is 15.6. The number of pyridine rings is 1. The molecule has 0 saturated heterocycles. The predicted octanol–water partition coefficient (Wildman–Crippen LogP) is 2.04. The number of rotatable bonds is 3. The molecule has 1 heterocycles. The van der Waals surface area contributed by atoms with Crippen LogP contribution in [0.5, 0.6) is 0 Å². The van der Waals surface area contributed by atoms with Crippen LogP contribution in [0.2, 0.25) is 0 Å². The van der Waals surface area contributed by atoms with E-state index >= 15 is 0 Å². The van der Waals surface area contributed by atoms with Gasteiger partial charge in [0.2, 0.25) is 0 Å². The second kappa shape index (κ2) is 6.72. The average Bonchev–Trinajstić information content (AvgIpc) is 2.62. The summed E-state index contributed by atoms with van der Waals surface area (Å²) in [6, 6.07) is 9.12. The predicted molar refractivity (Wildman–Crippen MR) is 96.7 cm³/mol. The minimum Gasteiger partial charge on any atom is -0.394 e. The molecule has 1 aromatic heterocycles. The Balaban J connectivity index is 1.88. The topological polar surface area (TPSA) is 83.4 Å². The molecule has 1 aliphatic rings. The molecule has 0 saturated carbocycles. The minimum atomic E-state index is -0.827. The molecule has 6 nitrogen and oxygen atoms in total. The number of fused-ring (bicyclic) bond motifs is 1. The van der Waals surface area contributed by atoms with E-state index in [9.17, 15) is 14.7 Å². The van der Waals surface area contributed by atoms with Crippen molar-refractivity contribution in [3.8, 4) is 0 Å². The maximum Gasteiger partial charge on any atom is 0.320 e. The molecule has 3 rings (SSSR count). The number of urea groups is 1. The van der Waals surface area contributed by atoms with Crippen molar-refractivity contribution >= 4 is 11.7 Å². The fourth-order valence-corrected chi connectivity index (χ4v) is 3.49. The van der Waals surface area contributed by atoms with Crippen molar-refractivity contribution in [2.45, 2.75) is 31.7 Å². The summed E-state index contributed by atoms with van der Waals surface area (Å²) in [6.45, 7) is 1.58. The number of carbonyl (C=O) groups is 1. The number of carbonyl (C=O) groups excluding carboxylic acids is 1. The van der Waals surface area contributed by atoms with Crippen LogP contribution in [0, 0.1) is 6.92 Å². The molecule has 0 spiro atoms. The van der Waals surface area contributed by atoms with Crippen LogP contribution in [0.3, 0.4) is 0 Å². The SMILES string of the molecule is Cc1ccn(C)c(=O)c1NC(=O)N[C@@]1(CO)CCCc2ccccc21. The summed E-state index contributed by atoms with van der Waals surface area (Å²) in [7, 11) is 1.64. The number of aromatic nitrogens is 1. The van der Waals surface area contributed by atoms with E-state index in [0.717, 1.165) is 24.0 Å². The van der Waals surface area contributed by atoms with Crippen LogP contribution in [0.4, 0.5) is 10.5 Å². The summed E-state index contributed by atoms with van der Waals surface area (Å²) >= 11 is 0. The van der Waals surface area contributed by atoms with Gasteiger partial charge in [-0.05, 0) is 48.9 Å². The Bertz CT molecular complexity index is 859. The zero-order valence-corrected chi connectivity index (χ0v) is 14.5. The molecule has 6 heteroatoms. The van der Waals surface area contributed by atoms with Crippen LogP contribution in [0.25, 0.3) is 0 Å². The first kappa shape index (κ1) is 17.2. The molecule has 0 aliphatic heterocycles. The maximum atomic E-state index is 12.6. The van der Waals surface area contributed by atoms with Gasteiger partial charge < -0.3 is 20.3 Å². The van der Waals surface area contributed by atoms with Crippen LogP contribution < -0.4 is 16.2 Å². The number of anilines is 1. The third-order valence-electron chi connectivity index (χ3n) is 4.92. The molecule has 0 fully saturated rings. The normalized spacial score (nSPS) is 19.2. The average molecular weight is 341 g/mol. The van der Waals surface area contributed by atoms with Crippen molar-refractivity contribution < 1.29 is 9.90 Å². The lowest BCUT2D eigenvalue weighted by Gasteiger charge is -2.38. The Labute approximate surface area is 146 Å². The number of aliphatic hydroxyl groups excluding tert-OH is 1. The molecule has 25 heavy (non-hydrogen) atoms. The molecule has 0 radical (unpaired) electrons. The third kappa shape index (κ3) is 3.17. The van der Waals surface area contributed by atoms with Crippen molar-refractivity contribution in [2.24, 2.45) is 7.05 Å². The van der Waals surface area contributed by atoms with Crippen molar-refractivity contribution in [3.63, 3.8) is 0 Å². The number of aryl methyl sites for hydroxylation is 3. The molecular weight excluding hydrogens is 318 g/mol. The molecular formula is C19H23N3O3. The Kier molecular flexibility index (Phi) is 4.63. The van der Waals surface area contributed by atoms with E-state index in [2.05, 4.69) is 10.6 Å². The highest BCUT2D eigenvalue weighted by molar-refractivity contribution is 5.90. The van der Waals surface area contributed by atoms with Crippen LogP contribution in [-0.2, 0) is 19.0 Å². The Morgan fingerprint density at radius 3 is 2.84 bits per heavy atom. The first-order valence-corrected chi connectivity index (χ1v) is 8.41. The minimum absolute atomic E-state index is 0.191. The fourth-order valence-electron chi connectivity index (χ4n) is 3.49. The van der Waals surface area contributed by atoms with Crippen molar-refractivity contribution in [2.75, 3.05) is 11.9 Å². The van der Waals surface area contributed by atoms with E-state index in [1.807, 2.05) is 24.3 Å². The van der Waals surface area contributed by atoms with Gasteiger partial charge in [-0.15, -0.1) is 0 Å². The van der Waals surface area contributed by atoms with E-state index in [-0.39, 0.29) is 17.9 Å². The van der Waals surface area contributed by atoms with Crippen molar-refractivity contribution in [1.82, 2.24) is 9.88 Å². The third-order valence-corrected chi connectivity index (χ3v) is 4.92. The monoisotopic (exact) mass is 341 g/mol. The van der Waals surface area contributed by atoms with E-state index in [1.165, 1.54) is 4.57 Å². The van der Waals surface area contributed by atoms with Crippen molar-refractivity contribution in [3.05, 3.63) is 63.6 Å². The van der Waals surface area contributed by atoms with Crippen LogP contribution in [-0.4, -0.2) is 22.3 Å². The molecule has 3 N–H and O–H groups in total. The Morgan fingerprint density at radius 1 is 1.32 bits per heavy atom. The van der Waals surface area contributed by atoms with Gasteiger partial charge in [0.15, 0.2) is 0 Å². The number of hydrogen-bond acceptors (Lipinski definition) is 3. The van der Waals surface area contributed by atoms with Crippen LogP contribution in [0.15, 0.2) is 41.3 Å². The van der Waals surface area contributed by atoms with Crippen molar-refractivity contribution in [1.29, 1.82) is 0 Å². The summed E-state index contributed by atoms with van der Waals surface area (Å²) in [5.41, 5.74) is 1.93. The van der Waals surface area contributed by atoms with Gasteiger partial charge in [-0.1, -0.05) is 24.3 Å². The number of aliphatic hydroxyl groups is 1. The van der Waals surface area contributed by atoms with Gasteiger partial charge in [0, 0.05) is 13.2 Å². The second-order valence-corrected chi connectivity index (χ2v) is 6.62. The standard InChI is InChI=1S/C19H23N3O3/c1-13-9-11-22(2)17(24)16(13)20-18(25)21-19(12-23)10-5-7-14-6-3-4-8-15(14)19/h3-4,6,8-9,11,23H,5,7,10,12H2,1-2H3,(H2,20,21,25)/t19-/m1/s1. The van der Waals surface area contributed by atoms with Gasteiger partial charge in [0.05, 0.1) is 12.1 Å². The number of nitrogens with one attached hydrogen (secondary N) is 2. The quantitative estimate of drug-likeness (QED) is 0.799. The molecule has 132 valence electrons. The highest BCUT2D eigenvalue weighted by atomic mass is 16.3. The van der Waals surface area contributed by atoms with E-state index in [0.29, 0.717) is 12.0 Å². The maximum absolute atomic E-state index is 12.6. The Hall–Kier alpha value is -2.60. The number of nitrogens with zero attached hydrogens (tertiary/aromatic N) is 1. The van der Waals surface area contributed by atoms with Gasteiger partial charge >= 0.3 is 6.03 Å². The molecule has 0 bridgehead atoms. The largest absolute Gasteiger partial charge is 0.394 e. The molecule has 0 unspecified atom stereocenters. The van der Waals surface area contributed by atoms with Crippen LogP contribution in [0.1, 0.15) is 29.5 Å². The summed E-state index contributed by atoms with van der Waals surface area (Å²) in [4.78, 5) is 24.8. The lowest BCUT2D eigenvalue weighted by molar-refractivity contribution is 0.147. The second-order valence-electron chi connectivity index (χ2n) is 6.62. The zero-order valence-electron chi connectivity index (χ0n) is 14.5. The van der Waals surface area contributed by atoms with E-state index < -0.39 is 11.6 Å². The first-order chi connectivity index (χ1) is 12.0. The summed E-state index contributed by atoms with van der Waals surface area (Å²) in [5.74, 6) is 0. The van der Waals surface area contributed by atoms with Crippen LogP contribution >= 0.6 is 0 Å². The van der Waals surface area contributed by atoms with E-state index in [1.54, 1.807) is 26.2 Å². The van der Waals surface area contributed by atoms with Gasteiger partial charge in [0.25, 0.3) is 5.56 Å². The lowest BCUT2D eigenvalue weighted by Crippen LogP contribution is -2.52. The molecule has 1 aromatic carbocycles. The lowest BCUT2D eigenvalue weighted by atomic mass is 9.77. The molecule has 1 atom stereocenters. The molecule has 2 amide bonds.